The quantitative estimate of drug-likeness (QED) is 0.791. The fourth-order valence-electron chi connectivity index (χ4n) is 2.51. The molecule has 0 saturated carbocycles. The van der Waals surface area contributed by atoms with Crippen molar-refractivity contribution in [3.05, 3.63) is 70.8 Å². The molecule has 28 heavy (non-hydrogen) atoms. The van der Waals surface area contributed by atoms with Crippen LogP contribution in [0.15, 0.2) is 48.5 Å². The zero-order valence-corrected chi connectivity index (χ0v) is 15.6. The summed E-state index contributed by atoms with van der Waals surface area (Å²) in [5.41, 5.74) is 0.456. The molecule has 148 valence electrons. The molecule has 9 heteroatoms. The third-order valence-electron chi connectivity index (χ3n) is 3.94. The van der Waals surface area contributed by atoms with Gasteiger partial charge >= 0.3 is 6.18 Å². The van der Waals surface area contributed by atoms with Crippen LogP contribution in [-0.2, 0) is 26.6 Å². The molecule has 0 spiro atoms. The number of nitrogens with one attached hydrogen (secondary N) is 1. The van der Waals surface area contributed by atoms with E-state index < -0.39 is 39.3 Å². The minimum atomic E-state index is -4.45. The molecular weight excluding hydrogens is 393 g/mol. The highest BCUT2D eigenvalue weighted by atomic mass is 32.2. The van der Waals surface area contributed by atoms with Gasteiger partial charge in [0.2, 0.25) is 5.91 Å². The Morgan fingerprint density at radius 3 is 2.18 bits per heavy atom. The van der Waals surface area contributed by atoms with Crippen LogP contribution in [0.25, 0.3) is 0 Å². The van der Waals surface area contributed by atoms with Crippen LogP contribution in [0, 0.1) is 11.3 Å². The van der Waals surface area contributed by atoms with Gasteiger partial charge in [0.1, 0.15) is 5.75 Å². The Morgan fingerprint density at radius 1 is 1.11 bits per heavy atom. The molecule has 1 atom stereocenters. The van der Waals surface area contributed by atoms with E-state index in [4.69, 9.17) is 5.26 Å². The molecule has 0 radical (unpaired) electrons. The van der Waals surface area contributed by atoms with Crippen LogP contribution in [-0.4, -0.2) is 20.1 Å². The van der Waals surface area contributed by atoms with Crippen molar-refractivity contribution in [3.63, 3.8) is 0 Å². The fourth-order valence-corrected chi connectivity index (χ4v) is 3.79. The first-order valence-electron chi connectivity index (χ1n) is 8.16. The first-order valence-corrected chi connectivity index (χ1v) is 9.98. The number of hydrogen-bond donors (Lipinski definition) is 1. The SMILES string of the molecule is C[C@@H](NC(=O)CS(=O)(=O)Cc1ccc(C#N)cc1)c1ccc(C(F)(F)F)cc1. The monoisotopic (exact) mass is 410 g/mol. The van der Waals surface area contributed by atoms with Gasteiger partial charge in [0.05, 0.1) is 29.0 Å². The summed E-state index contributed by atoms with van der Waals surface area (Å²) in [6, 6.07) is 11.5. The maximum absolute atomic E-state index is 12.6. The number of amides is 1. The van der Waals surface area contributed by atoms with Crippen LogP contribution < -0.4 is 5.32 Å². The Kier molecular flexibility index (Phi) is 6.46. The fraction of sp³-hybridized carbons (Fsp3) is 0.263. The smallest absolute Gasteiger partial charge is 0.349 e. The van der Waals surface area contributed by atoms with E-state index in [1.165, 1.54) is 36.4 Å². The molecule has 0 heterocycles. The first-order chi connectivity index (χ1) is 13.0. The Hall–Kier alpha value is -2.86. The van der Waals surface area contributed by atoms with Gasteiger partial charge in [-0.25, -0.2) is 8.42 Å². The molecule has 0 aliphatic heterocycles. The molecule has 0 aliphatic rings. The van der Waals surface area contributed by atoms with Crippen LogP contribution in [0.3, 0.4) is 0 Å². The van der Waals surface area contributed by atoms with Crippen molar-refractivity contribution < 1.29 is 26.4 Å². The number of nitrogens with zero attached hydrogens (tertiary/aromatic N) is 1. The second-order valence-electron chi connectivity index (χ2n) is 6.25. The van der Waals surface area contributed by atoms with Crippen molar-refractivity contribution in [2.45, 2.75) is 24.9 Å². The van der Waals surface area contributed by atoms with Gasteiger partial charge in [0.15, 0.2) is 9.84 Å². The number of halogens is 3. The molecule has 5 nitrogen and oxygen atoms in total. The average Bonchev–Trinajstić information content (AvgIpc) is 2.60. The van der Waals surface area contributed by atoms with Crippen molar-refractivity contribution in [1.29, 1.82) is 5.26 Å². The summed E-state index contributed by atoms with van der Waals surface area (Å²) in [7, 11) is -3.75. The minimum absolute atomic E-state index is 0.360. The summed E-state index contributed by atoms with van der Waals surface area (Å²) in [4.78, 5) is 12.0. The highest BCUT2D eigenvalue weighted by molar-refractivity contribution is 7.91. The third-order valence-corrected chi connectivity index (χ3v) is 5.41. The molecule has 0 saturated heterocycles. The van der Waals surface area contributed by atoms with Crippen molar-refractivity contribution in [2.24, 2.45) is 0 Å². The van der Waals surface area contributed by atoms with Crippen LogP contribution in [0.4, 0.5) is 13.2 Å². The van der Waals surface area contributed by atoms with E-state index in [0.29, 0.717) is 16.7 Å². The van der Waals surface area contributed by atoms with Gasteiger partial charge in [-0.15, -0.1) is 0 Å². The van der Waals surface area contributed by atoms with E-state index in [1.807, 2.05) is 6.07 Å². The number of carbonyl (C=O) groups excluding carboxylic acids is 1. The molecule has 0 fully saturated rings. The van der Waals surface area contributed by atoms with Crippen LogP contribution >= 0.6 is 0 Å². The molecule has 1 N–H and O–H groups in total. The molecule has 2 aromatic carbocycles. The normalized spacial score (nSPS) is 12.8. The molecule has 2 rings (SSSR count). The molecule has 0 aliphatic carbocycles. The van der Waals surface area contributed by atoms with Gasteiger partial charge in [-0.1, -0.05) is 24.3 Å². The number of alkyl halides is 3. The number of benzene rings is 2. The summed E-state index contributed by atoms with van der Waals surface area (Å²) in [5.74, 6) is -1.86. The highest BCUT2D eigenvalue weighted by Gasteiger charge is 2.30. The van der Waals surface area contributed by atoms with Crippen molar-refractivity contribution in [1.82, 2.24) is 5.32 Å². The van der Waals surface area contributed by atoms with E-state index >= 15 is 0 Å². The Balaban J connectivity index is 1.97. The van der Waals surface area contributed by atoms with Crippen LogP contribution in [0.1, 0.15) is 35.2 Å². The lowest BCUT2D eigenvalue weighted by molar-refractivity contribution is -0.137. The predicted octanol–water partition coefficient (Wildman–Crippen LogP) is 3.37. The van der Waals surface area contributed by atoms with E-state index in [9.17, 15) is 26.4 Å². The van der Waals surface area contributed by atoms with Gasteiger partial charge < -0.3 is 5.32 Å². The number of carbonyl (C=O) groups is 1. The average molecular weight is 410 g/mol. The summed E-state index contributed by atoms with van der Waals surface area (Å²) in [6.07, 6.45) is -4.45. The van der Waals surface area contributed by atoms with Crippen molar-refractivity contribution in [3.8, 4) is 6.07 Å². The molecule has 0 unspecified atom stereocenters. The Labute approximate surface area is 160 Å². The largest absolute Gasteiger partial charge is 0.416 e. The number of rotatable bonds is 6. The molecule has 1 amide bonds. The first kappa shape index (κ1) is 21.4. The summed E-state index contributed by atoms with van der Waals surface area (Å²) in [6.45, 7) is 1.55. The van der Waals surface area contributed by atoms with E-state index in [2.05, 4.69) is 5.32 Å². The second-order valence-corrected chi connectivity index (χ2v) is 8.31. The van der Waals surface area contributed by atoms with E-state index in [1.54, 1.807) is 6.92 Å². The number of hydrogen-bond acceptors (Lipinski definition) is 4. The van der Waals surface area contributed by atoms with E-state index in [-0.39, 0.29) is 5.75 Å². The lowest BCUT2D eigenvalue weighted by Gasteiger charge is -2.15. The van der Waals surface area contributed by atoms with Gasteiger partial charge in [-0.3, -0.25) is 4.79 Å². The standard InChI is InChI=1S/C19H17F3N2O3S/c1-13(16-6-8-17(9-7-16)19(20,21)22)24-18(25)12-28(26,27)11-15-4-2-14(10-23)3-5-15/h2-9,13H,11-12H2,1H3,(H,24,25)/t13-/m1/s1. The lowest BCUT2D eigenvalue weighted by atomic mass is 10.1. The predicted molar refractivity (Wildman–Crippen MR) is 96.6 cm³/mol. The van der Waals surface area contributed by atoms with Gasteiger partial charge in [-0.05, 0) is 42.3 Å². The van der Waals surface area contributed by atoms with E-state index in [0.717, 1.165) is 12.1 Å². The van der Waals surface area contributed by atoms with Gasteiger partial charge in [0, 0.05) is 0 Å². The zero-order valence-electron chi connectivity index (χ0n) is 14.8. The van der Waals surface area contributed by atoms with Gasteiger partial charge in [-0.2, -0.15) is 18.4 Å². The molecular formula is C19H17F3N2O3S. The number of sulfone groups is 1. The highest BCUT2D eigenvalue weighted by Crippen LogP contribution is 2.29. The molecule has 0 aromatic heterocycles. The van der Waals surface area contributed by atoms with Crippen molar-refractivity contribution in [2.75, 3.05) is 5.75 Å². The second kappa shape index (κ2) is 8.44. The minimum Gasteiger partial charge on any atom is -0.349 e. The molecule has 2 aromatic rings. The van der Waals surface area contributed by atoms with Crippen LogP contribution in [0.5, 0.6) is 0 Å². The zero-order chi connectivity index (χ0) is 20.9. The Morgan fingerprint density at radius 2 is 1.68 bits per heavy atom. The third kappa shape index (κ3) is 6.09. The summed E-state index contributed by atoms with van der Waals surface area (Å²) < 4.78 is 62.1. The topological polar surface area (TPSA) is 87.0 Å². The van der Waals surface area contributed by atoms with Crippen LogP contribution in [0.2, 0.25) is 0 Å². The van der Waals surface area contributed by atoms with Gasteiger partial charge in [0.25, 0.3) is 0 Å². The summed E-state index contributed by atoms with van der Waals surface area (Å²) in [5, 5.41) is 11.2. The maximum Gasteiger partial charge on any atom is 0.416 e. The molecule has 0 bridgehead atoms. The number of nitriles is 1. The Bertz CT molecular complexity index is 977. The van der Waals surface area contributed by atoms with Crippen molar-refractivity contribution >= 4 is 15.7 Å². The summed E-state index contributed by atoms with van der Waals surface area (Å²) >= 11 is 0. The lowest BCUT2D eigenvalue weighted by Crippen LogP contribution is -2.32. The maximum atomic E-state index is 12.6.